The summed E-state index contributed by atoms with van der Waals surface area (Å²) in [4.78, 5) is 13.6. The Morgan fingerprint density at radius 3 is 1.91 bits per heavy atom. The van der Waals surface area contributed by atoms with E-state index in [-0.39, 0.29) is 28.8 Å². The summed E-state index contributed by atoms with van der Waals surface area (Å²) in [5.74, 6) is 0.312. The van der Waals surface area contributed by atoms with Crippen molar-refractivity contribution in [2.75, 3.05) is 7.11 Å². The molecule has 13 heteroatoms. The van der Waals surface area contributed by atoms with Gasteiger partial charge in [0.25, 0.3) is 0 Å². The van der Waals surface area contributed by atoms with Crippen LogP contribution in [0.2, 0.25) is 0 Å². The van der Waals surface area contributed by atoms with Crippen LogP contribution in [0.1, 0.15) is 59.3 Å². The molecule has 4 rings (SSSR count). The highest BCUT2D eigenvalue weighted by molar-refractivity contribution is 5.79. The lowest BCUT2D eigenvalue weighted by Gasteiger charge is -2.21. The molecule has 4 nitrogen and oxygen atoms in total. The number of amides is 1. The summed E-state index contributed by atoms with van der Waals surface area (Å²) in [5, 5.41) is 0. The molecule has 0 aliphatic carbocycles. The number of methoxy groups -OCH3 is 1. The predicted octanol–water partition coefficient (Wildman–Crippen LogP) is 9.75. The molecule has 1 atom stereocenters. The molecule has 1 heterocycles. The van der Waals surface area contributed by atoms with Gasteiger partial charge in [-0.15, -0.1) is 0 Å². The summed E-state index contributed by atoms with van der Waals surface area (Å²) in [6.07, 6.45) is -17.8. The van der Waals surface area contributed by atoms with Crippen molar-refractivity contribution < 1.29 is 53.8 Å². The van der Waals surface area contributed by atoms with Crippen molar-refractivity contribution in [3.63, 3.8) is 0 Å². The van der Waals surface area contributed by atoms with E-state index in [1.807, 2.05) is 13.8 Å². The minimum Gasteiger partial charge on any atom is -0.496 e. The van der Waals surface area contributed by atoms with E-state index in [0.717, 1.165) is 17.7 Å². The smallest absolute Gasteiger partial charge is 0.416 e. The van der Waals surface area contributed by atoms with Gasteiger partial charge < -0.3 is 9.47 Å². The van der Waals surface area contributed by atoms with Gasteiger partial charge in [-0.3, -0.25) is 4.90 Å². The number of ether oxygens (including phenoxy) is 2. The largest absolute Gasteiger partial charge is 0.496 e. The molecule has 0 spiro atoms. The molecule has 0 aromatic heterocycles. The second kappa shape index (κ2) is 11.2. The zero-order chi connectivity index (χ0) is 32.1. The number of carbonyl (C=O) groups excluding carboxylic acids is 1. The molecule has 1 aliphatic heterocycles. The molecule has 1 amide bonds. The Morgan fingerprint density at radius 1 is 0.814 bits per heavy atom. The molecule has 1 saturated heterocycles. The zero-order valence-corrected chi connectivity index (χ0v) is 22.8. The molecule has 0 saturated carbocycles. The first kappa shape index (κ1) is 31.8. The predicted molar refractivity (Wildman–Crippen MR) is 138 cm³/mol. The van der Waals surface area contributed by atoms with Crippen molar-refractivity contribution in [3.05, 3.63) is 100 Å². The van der Waals surface area contributed by atoms with Crippen LogP contribution in [0.4, 0.5) is 44.3 Å². The van der Waals surface area contributed by atoms with Crippen molar-refractivity contribution >= 4 is 6.09 Å². The van der Waals surface area contributed by atoms with E-state index in [0.29, 0.717) is 28.3 Å². The average Bonchev–Trinajstić information content (AvgIpc) is 3.18. The van der Waals surface area contributed by atoms with E-state index in [9.17, 15) is 44.3 Å². The lowest BCUT2D eigenvalue weighted by atomic mass is 9.90. The van der Waals surface area contributed by atoms with Crippen molar-refractivity contribution in [2.45, 2.75) is 50.9 Å². The molecule has 0 unspecified atom stereocenters. The number of benzene rings is 3. The molecule has 3 aromatic carbocycles. The van der Waals surface area contributed by atoms with Crippen LogP contribution < -0.4 is 4.74 Å². The number of alkyl halides is 9. The number of carbonyl (C=O) groups is 1. The average molecular weight is 618 g/mol. The van der Waals surface area contributed by atoms with Gasteiger partial charge in [-0.25, -0.2) is 4.79 Å². The number of halogens is 9. The van der Waals surface area contributed by atoms with Crippen molar-refractivity contribution in [3.8, 4) is 16.9 Å². The van der Waals surface area contributed by atoms with Crippen LogP contribution >= 0.6 is 0 Å². The highest BCUT2D eigenvalue weighted by Crippen LogP contribution is 2.45. The second-order valence-electron chi connectivity index (χ2n) is 10.2. The summed E-state index contributed by atoms with van der Waals surface area (Å²) in [7, 11) is 1.36. The summed E-state index contributed by atoms with van der Waals surface area (Å²) < 4.78 is 132. The Kier molecular flexibility index (Phi) is 8.24. The number of rotatable bonds is 6. The minimum absolute atomic E-state index is 0.0198. The monoisotopic (exact) mass is 617 g/mol. The summed E-state index contributed by atoms with van der Waals surface area (Å²) in [6, 6.07) is 8.70. The van der Waals surface area contributed by atoms with Gasteiger partial charge in [0.15, 0.2) is 6.10 Å². The molecular weight excluding hydrogens is 593 g/mol. The van der Waals surface area contributed by atoms with Crippen LogP contribution in [-0.4, -0.2) is 18.1 Å². The third-order valence-electron chi connectivity index (χ3n) is 6.92. The summed E-state index contributed by atoms with van der Waals surface area (Å²) in [5.41, 5.74) is -3.88. The van der Waals surface area contributed by atoms with Gasteiger partial charge in [0.2, 0.25) is 0 Å². The van der Waals surface area contributed by atoms with Gasteiger partial charge >= 0.3 is 24.6 Å². The third kappa shape index (κ3) is 6.60. The van der Waals surface area contributed by atoms with Crippen LogP contribution in [0.5, 0.6) is 5.75 Å². The van der Waals surface area contributed by atoms with Crippen molar-refractivity contribution in [2.24, 2.45) is 0 Å². The van der Waals surface area contributed by atoms with E-state index in [1.165, 1.54) is 13.2 Å². The SMILES string of the molecule is C=C1[C@@H](c2cc(C(F)(F)F)ccc2-c2cc(C(C)C)ccc2OC)OC(=O)N1Cc1cc(C(F)(F)F)cc(C(F)(F)F)c1. The zero-order valence-electron chi connectivity index (χ0n) is 22.8. The molecule has 43 heavy (non-hydrogen) atoms. The molecule has 1 fully saturated rings. The fraction of sp³-hybridized carbons (Fsp3) is 0.300. The quantitative estimate of drug-likeness (QED) is 0.259. The molecule has 230 valence electrons. The van der Waals surface area contributed by atoms with E-state index in [2.05, 4.69) is 6.58 Å². The van der Waals surface area contributed by atoms with Crippen LogP contribution in [-0.2, 0) is 29.8 Å². The normalized spacial score (nSPS) is 16.2. The highest BCUT2D eigenvalue weighted by atomic mass is 19.4. The molecule has 0 bridgehead atoms. The third-order valence-corrected chi connectivity index (χ3v) is 6.92. The Labute approximate surface area is 240 Å². The molecule has 0 N–H and O–H groups in total. The van der Waals surface area contributed by atoms with E-state index < -0.39 is 59.5 Å². The van der Waals surface area contributed by atoms with Gasteiger partial charge in [0.05, 0.1) is 36.0 Å². The van der Waals surface area contributed by atoms with Gasteiger partial charge in [0.1, 0.15) is 5.75 Å². The van der Waals surface area contributed by atoms with E-state index in [4.69, 9.17) is 9.47 Å². The number of hydrogen-bond acceptors (Lipinski definition) is 3. The molecule has 1 aliphatic rings. The Balaban J connectivity index is 1.81. The fourth-order valence-corrected chi connectivity index (χ4v) is 4.69. The first-order valence-electron chi connectivity index (χ1n) is 12.7. The number of hydrogen-bond donors (Lipinski definition) is 0. The Morgan fingerprint density at radius 2 is 1.40 bits per heavy atom. The first-order valence-corrected chi connectivity index (χ1v) is 12.7. The Hall–Kier alpha value is -4.16. The molecule has 0 radical (unpaired) electrons. The van der Waals surface area contributed by atoms with E-state index >= 15 is 0 Å². The van der Waals surface area contributed by atoms with Crippen LogP contribution in [0, 0.1) is 0 Å². The summed E-state index contributed by atoms with van der Waals surface area (Å²) >= 11 is 0. The standard InChI is InChI=1S/C30H24F9NO3/c1-15(2)18-5-8-25(42-4)23(11-18)22-7-6-19(28(31,32)33)13-24(22)26-16(3)40(27(41)43-26)14-17-9-20(29(34,35)36)12-21(10-17)30(37,38)39/h5-13,15,26H,3,14H2,1-2,4H3/t26-/m0/s1. The maximum absolute atomic E-state index is 13.8. The second-order valence-corrected chi connectivity index (χ2v) is 10.2. The minimum atomic E-state index is -5.13. The fourth-order valence-electron chi connectivity index (χ4n) is 4.69. The van der Waals surface area contributed by atoms with Gasteiger partial charge in [0, 0.05) is 11.1 Å². The molecule has 3 aromatic rings. The van der Waals surface area contributed by atoms with Gasteiger partial charge in [-0.2, -0.15) is 39.5 Å². The number of nitrogens with zero attached hydrogens (tertiary/aromatic N) is 1. The van der Waals surface area contributed by atoms with Gasteiger partial charge in [-0.05, 0) is 65.1 Å². The molecular formula is C30H24F9NO3. The van der Waals surface area contributed by atoms with Crippen molar-refractivity contribution in [1.29, 1.82) is 0 Å². The summed E-state index contributed by atoms with van der Waals surface area (Å²) in [6.45, 7) is 6.70. The maximum atomic E-state index is 13.8. The maximum Gasteiger partial charge on any atom is 0.416 e. The first-order chi connectivity index (χ1) is 19.8. The lowest BCUT2D eigenvalue weighted by Crippen LogP contribution is -2.23. The van der Waals surface area contributed by atoms with Crippen LogP contribution in [0.25, 0.3) is 11.1 Å². The lowest BCUT2D eigenvalue weighted by molar-refractivity contribution is -0.143. The Bertz CT molecular complexity index is 1520. The van der Waals surface area contributed by atoms with Crippen molar-refractivity contribution in [1.82, 2.24) is 4.90 Å². The van der Waals surface area contributed by atoms with E-state index in [1.54, 1.807) is 18.2 Å². The van der Waals surface area contributed by atoms with Crippen LogP contribution in [0.15, 0.2) is 66.9 Å². The topological polar surface area (TPSA) is 38.8 Å². The number of cyclic esters (lactones) is 1. The highest BCUT2D eigenvalue weighted by Gasteiger charge is 2.41. The van der Waals surface area contributed by atoms with Gasteiger partial charge in [-0.1, -0.05) is 32.6 Å². The van der Waals surface area contributed by atoms with Crippen LogP contribution in [0.3, 0.4) is 0 Å².